The van der Waals surface area contributed by atoms with Crippen molar-refractivity contribution < 1.29 is 23.5 Å². The second-order valence-electron chi connectivity index (χ2n) is 6.53. The third kappa shape index (κ3) is 4.72. The molecule has 1 atom stereocenters. The fraction of sp³-hybridized carbons (Fsp3) is 0.368. The monoisotopic (exact) mass is 405 g/mol. The number of ether oxygens (including phenoxy) is 1. The van der Waals surface area contributed by atoms with Crippen molar-refractivity contribution in [3.63, 3.8) is 0 Å². The average molecular weight is 405 g/mol. The summed E-state index contributed by atoms with van der Waals surface area (Å²) in [7, 11) is 0. The van der Waals surface area contributed by atoms with Gasteiger partial charge in [-0.25, -0.2) is 9.37 Å². The number of rotatable bonds is 6. The molecule has 0 radical (unpaired) electrons. The Kier molecular flexibility index (Phi) is 6.03. The van der Waals surface area contributed by atoms with Gasteiger partial charge in [0.15, 0.2) is 11.2 Å². The van der Waals surface area contributed by atoms with E-state index in [-0.39, 0.29) is 18.0 Å². The number of carbonyl (C=O) groups is 3. The molecule has 3 rings (SSSR count). The third-order valence-corrected chi connectivity index (χ3v) is 5.20. The highest BCUT2D eigenvalue weighted by molar-refractivity contribution is 7.14. The van der Waals surface area contributed by atoms with Crippen molar-refractivity contribution in [3.05, 3.63) is 40.7 Å². The Labute approximate surface area is 165 Å². The summed E-state index contributed by atoms with van der Waals surface area (Å²) in [4.78, 5) is 41.9. The van der Waals surface area contributed by atoms with Gasteiger partial charge in [-0.1, -0.05) is 6.07 Å². The molecule has 1 aliphatic rings. The standard InChI is InChI=1S/C19H20FN3O4S/c1-11-5-6-13(8-15(11)20)21-18(26)12(2)27-17(25)9-14-10-28-19(22-14)23-7-3-4-16(23)24/h5-6,8,10,12H,3-4,7,9H2,1-2H3,(H,21,26)/t12-/m1/s1. The normalized spacial score (nSPS) is 14.8. The molecular weight excluding hydrogens is 385 g/mol. The number of anilines is 2. The molecule has 1 aromatic heterocycles. The van der Waals surface area contributed by atoms with Crippen LogP contribution in [0.1, 0.15) is 31.0 Å². The number of aryl methyl sites for hydroxylation is 1. The summed E-state index contributed by atoms with van der Waals surface area (Å²) >= 11 is 1.29. The molecule has 0 aliphatic carbocycles. The van der Waals surface area contributed by atoms with Gasteiger partial charge in [-0.3, -0.25) is 19.3 Å². The number of benzene rings is 1. The van der Waals surface area contributed by atoms with E-state index < -0.39 is 23.8 Å². The first kappa shape index (κ1) is 19.9. The zero-order valence-electron chi connectivity index (χ0n) is 15.5. The van der Waals surface area contributed by atoms with Crippen molar-refractivity contribution >= 4 is 39.9 Å². The number of nitrogens with one attached hydrogen (secondary N) is 1. The van der Waals surface area contributed by atoms with Crippen LogP contribution in [0.2, 0.25) is 0 Å². The highest BCUT2D eigenvalue weighted by Gasteiger charge is 2.25. The van der Waals surface area contributed by atoms with Crippen molar-refractivity contribution in [1.29, 1.82) is 0 Å². The zero-order chi connectivity index (χ0) is 20.3. The van der Waals surface area contributed by atoms with Crippen molar-refractivity contribution in [1.82, 2.24) is 4.98 Å². The number of hydrogen-bond acceptors (Lipinski definition) is 6. The molecule has 28 heavy (non-hydrogen) atoms. The lowest BCUT2D eigenvalue weighted by Crippen LogP contribution is -2.30. The maximum atomic E-state index is 13.6. The van der Waals surface area contributed by atoms with Crippen LogP contribution in [0.15, 0.2) is 23.6 Å². The lowest BCUT2D eigenvalue weighted by molar-refractivity contribution is -0.152. The molecule has 0 unspecified atom stereocenters. The van der Waals surface area contributed by atoms with Gasteiger partial charge >= 0.3 is 5.97 Å². The second-order valence-corrected chi connectivity index (χ2v) is 7.37. The minimum absolute atomic E-state index is 0.0290. The molecular formula is C19H20FN3O4S. The molecule has 1 N–H and O–H groups in total. The fourth-order valence-corrected chi connectivity index (χ4v) is 3.57. The molecule has 2 aromatic rings. The summed E-state index contributed by atoms with van der Waals surface area (Å²) in [6, 6.07) is 4.33. The molecule has 0 bridgehead atoms. The predicted octanol–water partition coefficient (Wildman–Crippen LogP) is 2.83. The smallest absolute Gasteiger partial charge is 0.312 e. The molecule has 9 heteroatoms. The van der Waals surface area contributed by atoms with E-state index in [1.54, 1.807) is 29.3 Å². The number of thiazole rings is 1. The van der Waals surface area contributed by atoms with Gasteiger partial charge in [-0.2, -0.15) is 0 Å². The molecule has 7 nitrogen and oxygen atoms in total. The Balaban J connectivity index is 1.52. The van der Waals surface area contributed by atoms with Crippen LogP contribution in [0.25, 0.3) is 0 Å². The number of aromatic nitrogens is 1. The molecule has 0 saturated carbocycles. The first-order chi connectivity index (χ1) is 13.3. The van der Waals surface area contributed by atoms with Crippen LogP contribution in [0, 0.1) is 12.7 Å². The van der Waals surface area contributed by atoms with Crippen molar-refractivity contribution in [3.8, 4) is 0 Å². The number of carbonyl (C=O) groups excluding carboxylic acids is 3. The number of nitrogens with zero attached hydrogens (tertiary/aromatic N) is 2. The van der Waals surface area contributed by atoms with Gasteiger partial charge in [0.05, 0.1) is 12.1 Å². The van der Waals surface area contributed by atoms with E-state index in [0.29, 0.717) is 29.4 Å². The van der Waals surface area contributed by atoms with Crippen LogP contribution < -0.4 is 10.2 Å². The van der Waals surface area contributed by atoms with Crippen molar-refractivity contribution in [2.75, 3.05) is 16.8 Å². The van der Waals surface area contributed by atoms with Crippen LogP contribution in [0.5, 0.6) is 0 Å². The van der Waals surface area contributed by atoms with Crippen molar-refractivity contribution in [2.24, 2.45) is 0 Å². The molecule has 0 spiro atoms. The van der Waals surface area contributed by atoms with Gasteiger partial charge < -0.3 is 10.1 Å². The molecule has 2 heterocycles. The summed E-state index contributed by atoms with van der Waals surface area (Å²) in [6.07, 6.45) is 0.159. The maximum Gasteiger partial charge on any atom is 0.312 e. The Morgan fingerprint density at radius 1 is 1.43 bits per heavy atom. The second kappa shape index (κ2) is 8.47. The highest BCUT2D eigenvalue weighted by atomic mass is 32.1. The Morgan fingerprint density at radius 3 is 2.89 bits per heavy atom. The van der Waals surface area contributed by atoms with E-state index in [1.807, 2.05) is 0 Å². The van der Waals surface area contributed by atoms with Crippen LogP contribution >= 0.6 is 11.3 Å². The number of esters is 1. The molecule has 1 aliphatic heterocycles. The van der Waals surface area contributed by atoms with Gasteiger partial charge in [-0.15, -0.1) is 11.3 Å². The lowest BCUT2D eigenvalue weighted by atomic mass is 10.2. The predicted molar refractivity (Wildman–Crippen MR) is 103 cm³/mol. The van der Waals surface area contributed by atoms with Crippen LogP contribution in [-0.4, -0.2) is 35.4 Å². The lowest BCUT2D eigenvalue weighted by Gasteiger charge is -2.13. The molecule has 1 saturated heterocycles. The average Bonchev–Trinajstić information content (AvgIpc) is 3.26. The summed E-state index contributed by atoms with van der Waals surface area (Å²) in [5.74, 6) is -1.57. The van der Waals surface area contributed by atoms with Crippen LogP contribution in [0.4, 0.5) is 15.2 Å². The van der Waals surface area contributed by atoms with Gasteiger partial charge in [0.25, 0.3) is 5.91 Å². The van der Waals surface area contributed by atoms with E-state index in [9.17, 15) is 18.8 Å². The van der Waals surface area contributed by atoms with Gasteiger partial charge in [0.2, 0.25) is 5.91 Å². The number of amides is 2. The Morgan fingerprint density at radius 2 is 2.21 bits per heavy atom. The minimum Gasteiger partial charge on any atom is -0.452 e. The Bertz CT molecular complexity index is 914. The molecule has 1 fully saturated rings. The van der Waals surface area contributed by atoms with Crippen molar-refractivity contribution in [2.45, 2.75) is 39.2 Å². The number of hydrogen-bond donors (Lipinski definition) is 1. The minimum atomic E-state index is -1.05. The molecule has 148 valence electrons. The van der Waals surface area contributed by atoms with E-state index in [1.165, 1.54) is 24.3 Å². The SMILES string of the molecule is Cc1ccc(NC(=O)[C@@H](C)OC(=O)Cc2csc(N3CCCC3=O)n2)cc1F. The topological polar surface area (TPSA) is 88.6 Å². The summed E-state index contributed by atoms with van der Waals surface area (Å²) in [5.41, 5.74) is 1.24. The highest BCUT2D eigenvalue weighted by Crippen LogP contribution is 2.25. The van der Waals surface area contributed by atoms with Gasteiger partial charge in [0.1, 0.15) is 5.82 Å². The molecule has 2 amide bonds. The third-order valence-electron chi connectivity index (χ3n) is 4.29. The summed E-state index contributed by atoms with van der Waals surface area (Å²) in [5, 5.41) is 4.77. The molecule has 1 aromatic carbocycles. The first-order valence-electron chi connectivity index (χ1n) is 8.85. The van der Waals surface area contributed by atoms with E-state index in [0.717, 1.165) is 6.42 Å². The van der Waals surface area contributed by atoms with Gasteiger partial charge in [0, 0.05) is 24.0 Å². The van der Waals surface area contributed by atoms with Crippen LogP contribution in [0.3, 0.4) is 0 Å². The van der Waals surface area contributed by atoms with E-state index >= 15 is 0 Å². The Hall–Kier alpha value is -2.81. The summed E-state index contributed by atoms with van der Waals surface area (Å²) < 4.78 is 18.7. The summed E-state index contributed by atoms with van der Waals surface area (Å²) in [6.45, 7) is 3.69. The zero-order valence-corrected chi connectivity index (χ0v) is 16.3. The maximum absolute atomic E-state index is 13.6. The van der Waals surface area contributed by atoms with Crippen LogP contribution in [-0.2, 0) is 25.5 Å². The fourth-order valence-electron chi connectivity index (χ4n) is 2.71. The first-order valence-corrected chi connectivity index (χ1v) is 9.72. The largest absolute Gasteiger partial charge is 0.452 e. The number of halogens is 1. The van der Waals surface area contributed by atoms with E-state index in [2.05, 4.69) is 10.3 Å². The van der Waals surface area contributed by atoms with E-state index in [4.69, 9.17) is 4.74 Å². The van der Waals surface area contributed by atoms with Gasteiger partial charge in [-0.05, 0) is 38.0 Å². The quantitative estimate of drug-likeness (QED) is 0.747.